The lowest BCUT2D eigenvalue weighted by atomic mass is 10.3. The van der Waals surface area contributed by atoms with E-state index in [2.05, 4.69) is 15.5 Å². The largest absolute Gasteiger partial charge is 0.481 e. The van der Waals surface area contributed by atoms with Crippen molar-refractivity contribution in [3.63, 3.8) is 0 Å². The molecule has 0 fully saturated rings. The number of para-hydroxylation sites is 1. The molecule has 1 N–H and O–H groups in total. The topological polar surface area (TPSA) is 69.0 Å². The highest BCUT2D eigenvalue weighted by Crippen LogP contribution is 2.29. The zero-order chi connectivity index (χ0) is 20.8. The van der Waals surface area contributed by atoms with E-state index in [4.69, 9.17) is 16.3 Å². The molecule has 0 aliphatic rings. The van der Waals surface area contributed by atoms with Gasteiger partial charge in [0.15, 0.2) is 17.1 Å². The average Bonchev–Trinajstić information content (AvgIpc) is 3.13. The van der Waals surface area contributed by atoms with E-state index in [1.807, 2.05) is 30.5 Å². The monoisotopic (exact) mass is 434 g/mol. The zero-order valence-electron chi connectivity index (χ0n) is 15.9. The Bertz CT molecular complexity index is 981. The number of rotatable bonds is 8. The third kappa shape index (κ3) is 5.48. The Hall–Kier alpha value is -2.58. The lowest BCUT2D eigenvalue weighted by Crippen LogP contribution is -2.15. The molecule has 0 radical (unpaired) electrons. The van der Waals surface area contributed by atoms with Crippen LogP contribution in [0.3, 0.4) is 0 Å². The molecule has 2 aromatic carbocycles. The summed E-state index contributed by atoms with van der Waals surface area (Å²) >= 11 is 7.43. The lowest BCUT2D eigenvalue weighted by molar-refractivity contribution is -0.113. The summed E-state index contributed by atoms with van der Waals surface area (Å²) < 4.78 is 20.8. The maximum Gasteiger partial charge on any atom is 0.234 e. The van der Waals surface area contributed by atoms with Crippen molar-refractivity contribution in [2.45, 2.75) is 31.7 Å². The second-order valence-electron chi connectivity index (χ2n) is 6.12. The highest BCUT2D eigenvalue weighted by Gasteiger charge is 2.20. The van der Waals surface area contributed by atoms with Crippen LogP contribution < -0.4 is 10.1 Å². The second-order valence-corrected chi connectivity index (χ2v) is 7.47. The van der Waals surface area contributed by atoms with Crippen molar-refractivity contribution in [3.8, 4) is 5.75 Å². The molecule has 29 heavy (non-hydrogen) atoms. The quantitative estimate of drug-likeness (QED) is 0.507. The molecule has 0 spiro atoms. The Morgan fingerprint density at radius 2 is 1.97 bits per heavy atom. The first kappa shape index (κ1) is 21.1. The van der Waals surface area contributed by atoms with Crippen LogP contribution >= 0.6 is 23.4 Å². The first-order valence-electron chi connectivity index (χ1n) is 9.00. The van der Waals surface area contributed by atoms with Gasteiger partial charge in [-0.25, -0.2) is 4.39 Å². The highest BCUT2D eigenvalue weighted by atomic mass is 35.5. The molecule has 0 aliphatic heterocycles. The molecule has 0 aliphatic carbocycles. The molecule has 0 bridgehead atoms. The fraction of sp³-hybridized carbons (Fsp3) is 0.250. The van der Waals surface area contributed by atoms with E-state index in [9.17, 15) is 9.18 Å². The number of nitrogens with zero attached hydrogens (tertiary/aromatic N) is 3. The maximum atomic E-state index is 13.0. The van der Waals surface area contributed by atoms with Crippen LogP contribution in [0.2, 0.25) is 5.02 Å². The normalized spacial score (nSPS) is 11.9. The number of ether oxygens (including phenoxy) is 1. The summed E-state index contributed by atoms with van der Waals surface area (Å²) in [4.78, 5) is 12.2. The Morgan fingerprint density at radius 1 is 1.24 bits per heavy atom. The van der Waals surface area contributed by atoms with Crippen LogP contribution in [0.4, 0.5) is 10.1 Å². The van der Waals surface area contributed by atoms with Crippen molar-refractivity contribution in [3.05, 3.63) is 65.2 Å². The molecule has 1 aromatic heterocycles. The van der Waals surface area contributed by atoms with Crippen LogP contribution in [0.25, 0.3) is 0 Å². The number of thioether (sulfide) groups is 1. The highest BCUT2D eigenvalue weighted by molar-refractivity contribution is 7.99. The number of hydrogen-bond donors (Lipinski definition) is 1. The van der Waals surface area contributed by atoms with Gasteiger partial charge in [-0.15, -0.1) is 10.2 Å². The first-order valence-corrected chi connectivity index (χ1v) is 10.4. The van der Waals surface area contributed by atoms with Crippen LogP contribution in [0, 0.1) is 5.82 Å². The Kier molecular flexibility index (Phi) is 7.11. The van der Waals surface area contributed by atoms with Crippen molar-refractivity contribution < 1.29 is 13.9 Å². The fourth-order valence-electron chi connectivity index (χ4n) is 2.65. The second kappa shape index (κ2) is 9.76. The smallest absolute Gasteiger partial charge is 0.234 e. The molecule has 3 aromatic rings. The van der Waals surface area contributed by atoms with Crippen LogP contribution in [0.1, 0.15) is 25.8 Å². The van der Waals surface area contributed by atoms with Crippen molar-refractivity contribution >= 4 is 35.0 Å². The molecule has 152 valence electrons. The molecule has 1 atom stereocenters. The number of halogens is 2. The van der Waals surface area contributed by atoms with E-state index in [0.717, 1.165) is 0 Å². The third-order valence-electron chi connectivity index (χ3n) is 4.03. The number of aromatic nitrogens is 3. The third-order valence-corrected chi connectivity index (χ3v) is 5.31. The first-order chi connectivity index (χ1) is 14.0. The summed E-state index contributed by atoms with van der Waals surface area (Å²) in [6.07, 6.45) is -0.371. The standard InChI is InChI=1S/C20H20ClFN4O2S/c1-3-26-19(13(2)28-17-7-5-4-6-16(17)21)24-25-20(26)29-12-18(27)23-15-10-8-14(22)9-11-15/h4-11,13H,3,12H2,1-2H3,(H,23,27). The van der Waals surface area contributed by atoms with Crippen molar-refractivity contribution in [1.29, 1.82) is 0 Å². The average molecular weight is 435 g/mol. The van der Waals surface area contributed by atoms with Crippen molar-refractivity contribution in [2.24, 2.45) is 0 Å². The van der Waals surface area contributed by atoms with Gasteiger partial charge in [0.2, 0.25) is 5.91 Å². The van der Waals surface area contributed by atoms with Gasteiger partial charge in [-0.3, -0.25) is 4.79 Å². The Morgan fingerprint density at radius 3 is 2.66 bits per heavy atom. The predicted molar refractivity (Wildman–Crippen MR) is 112 cm³/mol. The van der Waals surface area contributed by atoms with E-state index in [0.29, 0.717) is 34.0 Å². The van der Waals surface area contributed by atoms with Crippen LogP contribution in [-0.4, -0.2) is 26.4 Å². The van der Waals surface area contributed by atoms with E-state index in [1.54, 1.807) is 12.1 Å². The molecule has 0 saturated heterocycles. The van der Waals surface area contributed by atoms with Gasteiger partial charge in [-0.05, 0) is 50.2 Å². The van der Waals surface area contributed by atoms with E-state index < -0.39 is 0 Å². The lowest BCUT2D eigenvalue weighted by Gasteiger charge is -2.16. The van der Waals surface area contributed by atoms with Gasteiger partial charge in [-0.2, -0.15) is 0 Å². The van der Waals surface area contributed by atoms with Gasteiger partial charge in [-0.1, -0.05) is 35.5 Å². The van der Waals surface area contributed by atoms with Gasteiger partial charge < -0.3 is 14.6 Å². The molecule has 1 heterocycles. The predicted octanol–water partition coefficient (Wildman–Crippen LogP) is 4.96. The summed E-state index contributed by atoms with van der Waals surface area (Å²) in [5.41, 5.74) is 0.538. The van der Waals surface area contributed by atoms with Crippen molar-refractivity contribution in [1.82, 2.24) is 14.8 Å². The molecule has 0 saturated carbocycles. The molecular weight excluding hydrogens is 415 g/mol. The SMILES string of the molecule is CCn1c(SCC(=O)Nc2ccc(F)cc2)nnc1C(C)Oc1ccccc1Cl. The minimum atomic E-state index is -0.371. The van der Waals surface area contributed by atoms with Crippen LogP contribution in [0.15, 0.2) is 53.7 Å². The number of carbonyl (C=O) groups excluding carboxylic acids is 1. The number of carbonyl (C=O) groups is 1. The summed E-state index contributed by atoms with van der Waals surface area (Å²) in [6, 6.07) is 12.8. The summed E-state index contributed by atoms with van der Waals surface area (Å²) in [6.45, 7) is 4.47. The number of benzene rings is 2. The van der Waals surface area contributed by atoms with Gasteiger partial charge in [0.1, 0.15) is 11.6 Å². The van der Waals surface area contributed by atoms with E-state index in [1.165, 1.54) is 36.0 Å². The summed E-state index contributed by atoms with van der Waals surface area (Å²) in [5.74, 6) is 0.798. The Balaban J connectivity index is 1.63. The van der Waals surface area contributed by atoms with Crippen LogP contribution in [0.5, 0.6) is 5.75 Å². The van der Waals surface area contributed by atoms with Gasteiger partial charge >= 0.3 is 0 Å². The van der Waals surface area contributed by atoms with Gasteiger partial charge in [0.05, 0.1) is 10.8 Å². The number of nitrogens with one attached hydrogen (secondary N) is 1. The number of amides is 1. The molecule has 3 rings (SSSR count). The zero-order valence-corrected chi connectivity index (χ0v) is 17.5. The van der Waals surface area contributed by atoms with Gasteiger partial charge in [0, 0.05) is 12.2 Å². The van der Waals surface area contributed by atoms with Gasteiger partial charge in [0.25, 0.3) is 0 Å². The Labute approximate surface area is 177 Å². The molecule has 6 nitrogen and oxygen atoms in total. The molecule has 1 unspecified atom stereocenters. The summed E-state index contributed by atoms with van der Waals surface area (Å²) in [5, 5.41) is 12.3. The van der Waals surface area contributed by atoms with E-state index in [-0.39, 0.29) is 23.6 Å². The minimum Gasteiger partial charge on any atom is -0.481 e. The summed E-state index contributed by atoms with van der Waals surface area (Å²) in [7, 11) is 0. The molecule has 1 amide bonds. The van der Waals surface area contributed by atoms with Crippen LogP contribution in [-0.2, 0) is 11.3 Å². The van der Waals surface area contributed by atoms with E-state index >= 15 is 0 Å². The maximum absolute atomic E-state index is 13.0. The molecular formula is C20H20ClFN4O2S. The number of anilines is 1. The number of hydrogen-bond acceptors (Lipinski definition) is 5. The minimum absolute atomic E-state index is 0.148. The fourth-order valence-corrected chi connectivity index (χ4v) is 3.64. The van der Waals surface area contributed by atoms with Crippen molar-refractivity contribution in [2.75, 3.05) is 11.1 Å². The molecule has 9 heteroatoms.